The number of benzene rings is 2. The van der Waals surface area contributed by atoms with Crippen molar-refractivity contribution in [1.29, 1.82) is 0 Å². The molecule has 0 saturated carbocycles. The number of hydrogen-bond donors (Lipinski definition) is 4. The molecule has 4 heterocycles. The van der Waals surface area contributed by atoms with Crippen LogP contribution in [0, 0.1) is 13.8 Å². The lowest BCUT2D eigenvalue weighted by atomic mass is 10.2. The van der Waals surface area contributed by atoms with E-state index in [2.05, 4.69) is 30.2 Å². The molecule has 5 N–H and O–H groups in total. The molecule has 2 aromatic carbocycles. The molecule has 0 aliphatic rings. The summed E-state index contributed by atoms with van der Waals surface area (Å²) in [6, 6.07) is 11.5. The Morgan fingerprint density at radius 2 is 1.44 bits per heavy atom. The molecule has 6 rings (SSSR count). The molecular formula is C37H41N11O6. The molecule has 17 heteroatoms. The fourth-order valence-electron chi connectivity index (χ4n) is 6.17. The van der Waals surface area contributed by atoms with Crippen molar-refractivity contribution < 1.29 is 29.0 Å². The van der Waals surface area contributed by atoms with Gasteiger partial charge in [-0.2, -0.15) is 20.2 Å². The molecule has 6 aromatic rings. The van der Waals surface area contributed by atoms with Crippen molar-refractivity contribution in [2.24, 2.45) is 15.7 Å². The van der Waals surface area contributed by atoms with Crippen molar-refractivity contribution in [3.63, 3.8) is 0 Å². The maximum absolute atomic E-state index is 13.5. The third-order valence-electron chi connectivity index (χ3n) is 8.64. The Hall–Kier alpha value is -6.62. The number of allylic oxidation sites excluding steroid dienone is 2. The molecule has 0 spiro atoms. The van der Waals surface area contributed by atoms with Crippen LogP contribution in [0.1, 0.15) is 73.3 Å². The third-order valence-corrected chi connectivity index (χ3v) is 8.64. The van der Waals surface area contributed by atoms with E-state index in [9.17, 15) is 24.3 Å². The number of amides is 3. The van der Waals surface area contributed by atoms with Crippen molar-refractivity contribution in [2.75, 3.05) is 13.2 Å². The lowest BCUT2D eigenvalue weighted by molar-refractivity contribution is 0.0978. The first-order valence-corrected chi connectivity index (χ1v) is 17.4. The van der Waals surface area contributed by atoms with Gasteiger partial charge in [-0.3, -0.25) is 28.5 Å². The summed E-state index contributed by atoms with van der Waals surface area (Å²) in [7, 11) is 0. The van der Waals surface area contributed by atoms with Gasteiger partial charge in [-0.1, -0.05) is 12.2 Å². The van der Waals surface area contributed by atoms with Crippen LogP contribution in [0.3, 0.4) is 0 Å². The predicted octanol–water partition coefficient (Wildman–Crippen LogP) is 2.71. The summed E-state index contributed by atoms with van der Waals surface area (Å²) < 4.78 is 12.7. The minimum Gasteiger partial charge on any atom is -0.491 e. The summed E-state index contributed by atoms with van der Waals surface area (Å²) in [4.78, 5) is 66.0. The second-order valence-corrected chi connectivity index (χ2v) is 12.5. The molecule has 0 aliphatic carbocycles. The number of carbonyl (C=O) groups excluding carboxylic acids is 4. The van der Waals surface area contributed by atoms with Crippen molar-refractivity contribution in [3.8, 4) is 5.75 Å². The molecule has 280 valence electrons. The van der Waals surface area contributed by atoms with Gasteiger partial charge in [0, 0.05) is 50.3 Å². The number of nitrogens with zero attached hydrogens (tertiary/aromatic N) is 8. The Kier molecular flexibility index (Phi) is 11.0. The highest BCUT2D eigenvalue weighted by Gasteiger charge is 2.18. The number of primary amides is 1. The van der Waals surface area contributed by atoms with Crippen LogP contribution in [0.5, 0.6) is 5.75 Å². The number of carbonyl (C=O) groups is 4. The zero-order valence-corrected chi connectivity index (χ0v) is 30.4. The second-order valence-electron chi connectivity index (χ2n) is 12.5. The minimum atomic E-state index is -0.598. The van der Waals surface area contributed by atoms with Gasteiger partial charge in [-0.15, -0.1) is 0 Å². The Bertz CT molecular complexity index is 2570. The predicted molar refractivity (Wildman–Crippen MR) is 198 cm³/mol. The zero-order valence-electron chi connectivity index (χ0n) is 30.4. The highest BCUT2D eigenvalue weighted by molar-refractivity contribution is 5.97. The highest BCUT2D eigenvalue weighted by atomic mass is 16.5. The smallest absolute Gasteiger partial charge is 0.298 e. The number of aromatic amines is 2. The number of aliphatic hydroxyl groups excluding tert-OH is 1. The number of fused-ring (bicyclic) bond motifs is 2. The Morgan fingerprint density at radius 3 is 2.02 bits per heavy atom. The number of hydrogen-bond acceptors (Lipinski definition) is 8. The van der Waals surface area contributed by atoms with Crippen LogP contribution in [0.2, 0.25) is 0 Å². The Labute approximate surface area is 308 Å². The summed E-state index contributed by atoms with van der Waals surface area (Å²) in [6.07, 6.45) is 4.78. The number of aliphatic hydroxyl groups is 1. The standard InChI is InChI=1S/C37H41N11O6/c1-5-47-29(16-22(3)43-47)34(52)41-36-39-26-20-25(33(38)51)10-11-28(26)45(36)12-7-8-13-46-32-27(18-24(21-50)19-31(32)54-15-9-14-49)40-37(46)42-35(53)30-17-23(4)44-48(30)6-2/h7-8,10-11,16-21,49H,5-6,9,12-15H2,1-4H3,(H2,38,51)(H,39,41,52)(H,40,42,53)/b8-7+. The van der Waals surface area contributed by atoms with Crippen LogP contribution >= 0.6 is 0 Å². The molecule has 0 radical (unpaired) electrons. The molecular weight excluding hydrogens is 694 g/mol. The Balaban J connectivity index is 1.43. The van der Waals surface area contributed by atoms with Crippen LogP contribution in [-0.2, 0) is 26.2 Å². The summed E-state index contributed by atoms with van der Waals surface area (Å²) in [6.45, 7) is 8.87. The van der Waals surface area contributed by atoms with Gasteiger partial charge in [-0.05, 0) is 70.2 Å². The van der Waals surface area contributed by atoms with Gasteiger partial charge in [0.1, 0.15) is 28.9 Å². The molecule has 0 atom stereocenters. The van der Waals surface area contributed by atoms with Gasteiger partial charge in [0.2, 0.25) is 17.1 Å². The summed E-state index contributed by atoms with van der Waals surface area (Å²) >= 11 is 0. The molecule has 0 unspecified atom stereocenters. The summed E-state index contributed by atoms with van der Waals surface area (Å²) in [5.41, 5.74) is 10.9. The maximum atomic E-state index is 13.5. The molecule has 17 nitrogen and oxygen atoms in total. The first-order valence-electron chi connectivity index (χ1n) is 17.4. The summed E-state index contributed by atoms with van der Waals surface area (Å²) in [5.74, 6) is -1.24. The van der Waals surface area contributed by atoms with E-state index in [1.54, 1.807) is 74.8 Å². The van der Waals surface area contributed by atoms with Gasteiger partial charge in [0.15, 0.2) is 0 Å². The van der Waals surface area contributed by atoms with Crippen LogP contribution in [0.15, 0.2) is 64.6 Å². The summed E-state index contributed by atoms with van der Waals surface area (Å²) in [5, 5.41) is 18.1. The van der Waals surface area contributed by atoms with E-state index in [0.29, 0.717) is 82.0 Å². The van der Waals surface area contributed by atoms with Crippen molar-refractivity contribution in [2.45, 2.75) is 60.3 Å². The van der Waals surface area contributed by atoms with E-state index in [1.165, 1.54) is 0 Å². The van der Waals surface area contributed by atoms with Gasteiger partial charge in [0.25, 0.3) is 11.8 Å². The number of nitrogens with one attached hydrogen (secondary N) is 2. The van der Waals surface area contributed by atoms with Crippen molar-refractivity contribution >= 4 is 46.1 Å². The molecule has 0 fully saturated rings. The highest BCUT2D eigenvalue weighted by Crippen LogP contribution is 2.26. The fraction of sp³-hybridized carbons (Fsp3) is 0.297. The minimum absolute atomic E-state index is 0.0803. The lowest BCUT2D eigenvalue weighted by Crippen LogP contribution is -2.22. The number of ether oxygens (including phenoxy) is 1. The first kappa shape index (κ1) is 37.1. The number of aldehydes is 1. The largest absolute Gasteiger partial charge is 0.491 e. The Morgan fingerprint density at radius 1 is 0.852 bits per heavy atom. The van der Waals surface area contributed by atoms with Crippen molar-refractivity contribution in [1.82, 2.24) is 38.7 Å². The van der Waals surface area contributed by atoms with E-state index < -0.39 is 17.7 Å². The van der Waals surface area contributed by atoms with Crippen LogP contribution < -0.4 is 21.7 Å². The van der Waals surface area contributed by atoms with Crippen LogP contribution in [0.4, 0.5) is 0 Å². The van der Waals surface area contributed by atoms with Gasteiger partial charge >= 0.3 is 0 Å². The number of rotatable bonds is 14. The number of aromatic nitrogens is 8. The SMILES string of the molecule is CCn1nc(C)cc1C(=O)/N=c1\[nH]c2cc(C(N)=O)ccc2n1C/C=C/Cn1/c(=N/C(=O)c2cc(C)nn2CC)[nH]c2cc(C=O)cc(OCCCO)c21. The molecule has 0 bridgehead atoms. The van der Waals surface area contributed by atoms with E-state index in [4.69, 9.17) is 10.5 Å². The van der Waals surface area contributed by atoms with Gasteiger partial charge < -0.3 is 34.7 Å². The number of aryl methyl sites for hydroxylation is 4. The fourth-order valence-corrected chi connectivity index (χ4v) is 6.17. The maximum Gasteiger partial charge on any atom is 0.298 e. The molecule has 3 amide bonds. The average Bonchev–Trinajstić information content (AvgIpc) is 3.92. The van der Waals surface area contributed by atoms with Crippen LogP contribution in [0.25, 0.3) is 22.1 Å². The number of H-pyrrole nitrogens is 2. The average molecular weight is 736 g/mol. The van der Waals surface area contributed by atoms with E-state index in [1.807, 2.05) is 26.0 Å². The third kappa shape index (κ3) is 7.61. The molecule has 0 saturated heterocycles. The lowest BCUT2D eigenvalue weighted by Gasteiger charge is -2.10. The van der Waals surface area contributed by atoms with E-state index >= 15 is 0 Å². The first-order chi connectivity index (χ1) is 26.0. The van der Waals surface area contributed by atoms with Gasteiger partial charge in [0.05, 0.1) is 34.5 Å². The van der Waals surface area contributed by atoms with Crippen molar-refractivity contribution in [3.05, 3.63) is 99.8 Å². The zero-order chi connectivity index (χ0) is 38.5. The molecule has 0 aliphatic heterocycles. The molecule has 54 heavy (non-hydrogen) atoms. The normalized spacial score (nSPS) is 12.5. The van der Waals surface area contributed by atoms with Gasteiger partial charge in [-0.25, -0.2) is 0 Å². The monoisotopic (exact) mass is 735 g/mol. The number of nitrogens with two attached hydrogens (primary N) is 1. The quantitative estimate of drug-likeness (QED) is 0.0737. The molecule has 4 aromatic heterocycles. The topological polar surface area (TPSA) is 226 Å². The van der Waals surface area contributed by atoms with E-state index in [0.717, 1.165) is 0 Å². The van der Waals surface area contributed by atoms with E-state index in [-0.39, 0.29) is 43.1 Å². The number of imidazole rings is 2. The second kappa shape index (κ2) is 16.0. The van der Waals surface area contributed by atoms with Crippen LogP contribution in [-0.4, -0.2) is 81.0 Å².